The molecule has 1 fully saturated rings. The van der Waals surface area contributed by atoms with Crippen molar-refractivity contribution in [1.29, 1.82) is 0 Å². The molecule has 3 aromatic rings. The lowest BCUT2D eigenvalue weighted by molar-refractivity contribution is -0.137. The van der Waals surface area contributed by atoms with Crippen molar-refractivity contribution in [2.24, 2.45) is 0 Å². The van der Waals surface area contributed by atoms with E-state index in [9.17, 15) is 21.6 Å². The van der Waals surface area contributed by atoms with Gasteiger partial charge in [0, 0.05) is 37.8 Å². The van der Waals surface area contributed by atoms with E-state index in [-0.39, 0.29) is 11.4 Å². The normalized spacial score (nSPS) is 16.5. The summed E-state index contributed by atoms with van der Waals surface area (Å²) in [6.07, 6.45) is -2.22. The van der Waals surface area contributed by atoms with Gasteiger partial charge in [0.1, 0.15) is 11.3 Å². The zero-order chi connectivity index (χ0) is 24.3. The Kier molecular flexibility index (Phi) is 7.11. The Morgan fingerprint density at radius 1 is 1.03 bits per heavy atom. The highest BCUT2D eigenvalue weighted by molar-refractivity contribution is 7.89. The van der Waals surface area contributed by atoms with E-state index in [1.807, 2.05) is 11.8 Å². The van der Waals surface area contributed by atoms with Crippen LogP contribution in [-0.2, 0) is 22.7 Å². The van der Waals surface area contributed by atoms with Gasteiger partial charge in [-0.05, 0) is 55.8 Å². The number of pyridine rings is 1. The molecule has 0 N–H and O–H groups in total. The molecule has 2 aromatic carbocycles. The Labute approximate surface area is 197 Å². The van der Waals surface area contributed by atoms with Crippen LogP contribution in [0.25, 0.3) is 10.9 Å². The number of fused-ring (bicyclic) bond motifs is 1. The van der Waals surface area contributed by atoms with E-state index in [1.165, 1.54) is 10.4 Å². The predicted molar refractivity (Wildman–Crippen MR) is 123 cm³/mol. The van der Waals surface area contributed by atoms with E-state index < -0.39 is 21.8 Å². The van der Waals surface area contributed by atoms with Crippen molar-refractivity contribution in [3.63, 3.8) is 0 Å². The van der Waals surface area contributed by atoms with Crippen LogP contribution in [0.2, 0.25) is 0 Å². The molecule has 0 unspecified atom stereocenters. The molecule has 0 atom stereocenters. The number of rotatable bonds is 6. The van der Waals surface area contributed by atoms with Gasteiger partial charge in [-0.2, -0.15) is 17.5 Å². The molecule has 0 aliphatic carbocycles. The van der Waals surface area contributed by atoms with Crippen molar-refractivity contribution >= 4 is 20.9 Å². The molecule has 0 saturated carbocycles. The molecular formula is C24H26F3N3O3S. The number of hydrogen-bond donors (Lipinski definition) is 0. The second-order valence-corrected chi connectivity index (χ2v) is 10.0. The molecule has 1 saturated heterocycles. The number of benzene rings is 2. The van der Waals surface area contributed by atoms with Crippen molar-refractivity contribution < 1.29 is 26.3 Å². The van der Waals surface area contributed by atoms with E-state index in [0.717, 1.165) is 12.1 Å². The smallest absolute Gasteiger partial charge is 0.416 e. The fourth-order valence-electron chi connectivity index (χ4n) is 4.21. The molecule has 2 heterocycles. The second-order valence-electron chi connectivity index (χ2n) is 8.13. The maximum atomic E-state index is 13.6. The Balaban J connectivity index is 1.53. The molecule has 0 amide bonds. The van der Waals surface area contributed by atoms with Crippen LogP contribution < -0.4 is 4.74 Å². The first-order valence-electron chi connectivity index (χ1n) is 11.1. The maximum absolute atomic E-state index is 13.6. The van der Waals surface area contributed by atoms with Crippen molar-refractivity contribution in [1.82, 2.24) is 14.2 Å². The minimum Gasteiger partial charge on any atom is -0.492 e. The summed E-state index contributed by atoms with van der Waals surface area (Å²) < 4.78 is 73.3. The zero-order valence-electron chi connectivity index (χ0n) is 18.8. The predicted octanol–water partition coefficient (Wildman–Crippen LogP) is 4.55. The number of sulfonamides is 1. The zero-order valence-corrected chi connectivity index (χ0v) is 19.6. The van der Waals surface area contributed by atoms with E-state index in [2.05, 4.69) is 4.98 Å². The quantitative estimate of drug-likeness (QED) is 0.504. The summed E-state index contributed by atoms with van der Waals surface area (Å²) >= 11 is 0. The summed E-state index contributed by atoms with van der Waals surface area (Å²) in [5.74, 6) is 0.528. The van der Waals surface area contributed by atoms with Gasteiger partial charge < -0.3 is 4.74 Å². The minimum atomic E-state index is -4.39. The summed E-state index contributed by atoms with van der Waals surface area (Å²) in [7, 11) is -3.80. The lowest BCUT2D eigenvalue weighted by Crippen LogP contribution is -2.35. The SMILES string of the molecule is CCOc1ccc(S(=O)(=O)N2CCCN(Cc3cccc(C(F)(F)F)c3)CC2)c2cccnc12. The molecule has 6 nitrogen and oxygen atoms in total. The highest BCUT2D eigenvalue weighted by atomic mass is 32.2. The Hall–Kier alpha value is -2.69. The molecule has 10 heteroatoms. The lowest BCUT2D eigenvalue weighted by atomic mass is 10.1. The molecule has 34 heavy (non-hydrogen) atoms. The molecule has 4 rings (SSSR count). The fraction of sp³-hybridized carbons (Fsp3) is 0.375. The van der Waals surface area contributed by atoms with E-state index in [1.54, 1.807) is 36.5 Å². The van der Waals surface area contributed by atoms with Gasteiger partial charge in [0.2, 0.25) is 10.0 Å². The van der Waals surface area contributed by atoms with Gasteiger partial charge in [0.15, 0.2) is 0 Å². The first-order chi connectivity index (χ1) is 16.2. The third-order valence-electron chi connectivity index (χ3n) is 5.82. The molecule has 1 aromatic heterocycles. The van der Waals surface area contributed by atoms with Crippen LogP contribution in [-0.4, -0.2) is 55.4 Å². The number of alkyl halides is 3. The molecule has 1 aliphatic heterocycles. The monoisotopic (exact) mass is 493 g/mol. The average Bonchev–Trinajstić information content (AvgIpc) is 3.05. The van der Waals surface area contributed by atoms with Crippen LogP contribution in [0.5, 0.6) is 5.75 Å². The lowest BCUT2D eigenvalue weighted by Gasteiger charge is -2.23. The number of ether oxygens (including phenoxy) is 1. The van der Waals surface area contributed by atoms with Crippen LogP contribution in [0.15, 0.2) is 59.6 Å². The molecular weight excluding hydrogens is 467 g/mol. The minimum absolute atomic E-state index is 0.172. The van der Waals surface area contributed by atoms with E-state index in [0.29, 0.717) is 61.4 Å². The van der Waals surface area contributed by atoms with Crippen molar-refractivity contribution in [3.05, 3.63) is 65.9 Å². The van der Waals surface area contributed by atoms with Crippen molar-refractivity contribution in [2.75, 3.05) is 32.8 Å². The highest BCUT2D eigenvalue weighted by Crippen LogP contribution is 2.32. The van der Waals surface area contributed by atoms with Crippen molar-refractivity contribution in [3.8, 4) is 5.75 Å². The largest absolute Gasteiger partial charge is 0.492 e. The molecule has 0 bridgehead atoms. The van der Waals surface area contributed by atoms with Gasteiger partial charge in [0.25, 0.3) is 0 Å². The first-order valence-corrected chi connectivity index (χ1v) is 12.5. The summed E-state index contributed by atoms with van der Waals surface area (Å²) in [5, 5.41) is 0.499. The number of aromatic nitrogens is 1. The van der Waals surface area contributed by atoms with Gasteiger partial charge in [-0.3, -0.25) is 9.88 Å². The van der Waals surface area contributed by atoms with Gasteiger partial charge in [0.05, 0.1) is 17.1 Å². The third kappa shape index (κ3) is 5.18. The summed E-state index contributed by atoms with van der Waals surface area (Å²) in [6.45, 7) is 4.20. The molecule has 1 aliphatic rings. The molecule has 0 radical (unpaired) electrons. The van der Waals surface area contributed by atoms with Crippen LogP contribution in [0.4, 0.5) is 13.2 Å². The number of halogens is 3. The standard InChI is InChI=1S/C24H26F3N3O3S/c1-2-33-21-9-10-22(20-8-4-11-28-23(20)21)34(31,32)30-13-5-12-29(14-15-30)17-18-6-3-7-19(16-18)24(25,26)27/h3-4,6-11,16H,2,5,12-15,17H2,1H3. The highest BCUT2D eigenvalue weighted by Gasteiger charge is 2.31. The summed E-state index contributed by atoms with van der Waals surface area (Å²) in [5.41, 5.74) is 0.362. The summed E-state index contributed by atoms with van der Waals surface area (Å²) in [6, 6.07) is 11.9. The van der Waals surface area contributed by atoms with E-state index in [4.69, 9.17) is 4.74 Å². The van der Waals surface area contributed by atoms with Gasteiger partial charge in [-0.15, -0.1) is 0 Å². The second kappa shape index (κ2) is 9.89. The van der Waals surface area contributed by atoms with Crippen LogP contribution in [0, 0.1) is 0 Å². The molecule has 182 valence electrons. The Bertz CT molecular complexity index is 1270. The van der Waals surface area contributed by atoms with Gasteiger partial charge in [-0.1, -0.05) is 18.2 Å². The average molecular weight is 494 g/mol. The van der Waals surface area contributed by atoms with Crippen LogP contribution in [0.1, 0.15) is 24.5 Å². The first kappa shape index (κ1) is 24.4. The third-order valence-corrected chi connectivity index (χ3v) is 7.78. The van der Waals surface area contributed by atoms with Crippen LogP contribution >= 0.6 is 0 Å². The fourth-order valence-corrected chi connectivity index (χ4v) is 5.86. The van der Waals surface area contributed by atoms with Crippen LogP contribution in [0.3, 0.4) is 0 Å². The Morgan fingerprint density at radius 2 is 1.85 bits per heavy atom. The number of hydrogen-bond acceptors (Lipinski definition) is 5. The molecule has 0 spiro atoms. The number of nitrogens with zero attached hydrogens (tertiary/aromatic N) is 3. The topological polar surface area (TPSA) is 62.7 Å². The van der Waals surface area contributed by atoms with Crippen molar-refractivity contribution in [2.45, 2.75) is 31.0 Å². The summed E-state index contributed by atoms with van der Waals surface area (Å²) in [4.78, 5) is 6.49. The van der Waals surface area contributed by atoms with Gasteiger partial charge >= 0.3 is 6.18 Å². The van der Waals surface area contributed by atoms with E-state index >= 15 is 0 Å². The maximum Gasteiger partial charge on any atom is 0.416 e. The Morgan fingerprint density at radius 3 is 2.62 bits per heavy atom. The van der Waals surface area contributed by atoms with Gasteiger partial charge in [-0.25, -0.2) is 8.42 Å².